The highest BCUT2D eigenvalue weighted by molar-refractivity contribution is 5.90. The highest BCUT2D eigenvalue weighted by Crippen LogP contribution is 2.33. The van der Waals surface area contributed by atoms with E-state index >= 15 is 0 Å². The summed E-state index contributed by atoms with van der Waals surface area (Å²) in [7, 11) is 0. The second-order valence-electron chi connectivity index (χ2n) is 7.15. The summed E-state index contributed by atoms with van der Waals surface area (Å²) in [5.41, 5.74) is 1.25. The molecule has 2 fully saturated rings. The summed E-state index contributed by atoms with van der Waals surface area (Å²) >= 11 is 0. The number of carbonyl (C=O) groups is 2. The monoisotopic (exact) mass is 349 g/mol. The average Bonchev–Trinajstić information content (AvgIpc) is 3.29. The molecule has 2 amide bonds. The number of aliphatic carboxylic acids is 1. The third-order valence-corrected chi connectivity index (χ3v) is 4.94. The first-order valence-electron chi connectivity index (χ1n) is 8.70. The first-order chi connectivity index (χ1) is 11.9. The lowest BCUT2D eigenvalue weighted by molar-refractivity contribution is -0.139. The quantitative estimate of drug-likeness (QED) is 0.707. The number of urea groups is 1. The molecule has 7 heteroatoms. The fraction of sp³-hybridized carbons (Fsp3) is 0.556. The second kappa shape index (κ2) is 7.39. The molecule has 3 rings (SSSR count). The van der Waals surface area contributed by atoms with Gasteiger partial charge >= 0.3 is 12.0 Å². The van der Waals surface area contributed by atoms with Crippen LogP contribution in [0.5, 0.6) is 0 Å². The van der Waals surface area contributed by atoms with E-state index in [-0.39, 0.29) is 24.7 Å². The highest BCUT2D eigenvalue weighted by atomic mass is 19.1. The van der Waals surface area contributed by atoms with Gasteiger partial charge in [0.25, 0.3) is 0 Å². The van der Waals surface area contributed by atoms with Gasteiger partial charge in [-0.1, -0.05) is 6.07 Å². The summed E-state index contributed by atoms with van der Waals surface area (Å²) in [6.07, 6.45) is 3.85. The first kappa shape index (κ1) is 17.7. The predicted molar refractivity (Wildman–Crippen MR) is 92.0 cm³/mol. The molecule has 0 aromatic heterocycles. The van der Waals surface area contributed by atoms with E-state index in [2.05, 4.69) is 10.6 Å². The van der Waals surface area contributed by atoms with E-state index in [0.29, 0.717) is 11.6 Å². The van der Waals surface area contributed by atoms with Crippen LogP contribution in [0.15, 0.2) is 18.2 Å². The molecular formula is C18H24FN3O3. The molecule has 25 heavy (non-hydrogen) atoms. The molecule has 2 saturated carbocycles. The number of nitrogens with one attached hydrogen (secondary N) is 2. The van der Waals surface area contributed by atoms with Crippen molar-refractivity contribution < 1.29 is 19.1 Å². The number of hydrogen-bond donors (Lipinski definition) is 3. The molecule has 0 saturated heterocycles. The van der Waals surface area contributed by atoms with Crippen LogP contribution in [0, 0.1) is 18.7 Å². The molecule has 136 valence electrons. The SMILES string of the molecule is Cc1ccc(F)cc1NC(=O)NC1CC(N(CC(=O)O)CC2CC2)C1. The van der Waals surface area contributed by atoms with Crippen LogP contribution in [0.25, 0.3) is 0 Å². The van der Waals surface area contributed by atoms with Crippen LogP contribution in [0.2, 0.25) is 0 Å². The summed E-state index contributed by atoms with van der Waals surface area (Å²) in [4.78, 5) is 25.1. The van der Waals surface area contributed by atoms with Gasteiger partial charge in [0.1, 0.15) is 5.82 Å². The summed E-state index contributed by atoms with van der Waals surface area (Å²) in [6.45, 7) is 2.69. The Morgan fingerprint density at radius 2 is 2.04 bits per heavy atom. The van der Waals surface area contributed by atoms with E-state index in [1.807, 2.05) is 4.90 Å². The topological polar surface area (TPSA) is 81.7 Å². The molecule has 0 aliphatic heterocycles. The van der Waals surface area contributed by atoms with Gasteiger partial charge in [-0.05, 0) is 56.2 Å². The molecule has 0 unspecified atom stereocenters. The van der Waals surface area contributed by atoms with Crippen LogP contribution >= 0.6 is 0 Å². The van der Waals surface area contributed by atoms with E-state index < -0.39 is 11.8 Å². The maximum Gasteiger partial charge on any atom is 0.319 e. The Kier molecular flexibility index (Phi) is 5.22. The van der Waals surface area contributed by atoms with Crippen LogP contribution < -0.4 is 10.6 Å². The fourth-order valence-corrected chi connectivity index (χ4v) is 3.23. The lowest BCUT2D eigenvalue weighted by Crippen LogP contribution is -2.55. The van der Waals surface area contributed by atoms with Crippen molar-refractivity contribution >= 4 is 17.7 Å². The van der Waals surface area contributed by atoms with Crippen molar-refractivity contribution in [3.8, 4) is 0 Å². The highest BCUT2D eigenvalue weighted by Gasteiger charge is 2.37. The number of amides is 2. The van der Waals surface area contributed by atoms with Gasteiger partial charge in [-0.15, -0.1) is 0 Å². The standard InChI is InChI=1S/C18H24FN3O3/c1-11-2-5-13(19)6-16(11)21-18(25)20-14-7-15(8-14)22(10-17(23)24)9-12-3-4-12/h2,5-6,12,14-15H,3-4,7-10H2,1H3,(H,23,24)(H2,20,21,25). The minimum atomic E-state index is -0.809. The number of benzene rings is 1. The van der Waals surface area contributed by atoms with E-state index in [4.69, 9.17) is 5.11 Å². The van der Waals surface area contributed by atoms with Gasteiger partial charge in [-0.25, -0.2) is 9.18 Å². The van der Waals surface area contributed by atoms with E-state index in [1.54, 1.807) is 13.0 Å². The van der Waals surface area contributed by atoms with Crippen molar-refractivity contribution in [2.75, 3.05) is 18.4 Å². The van der Waals surface area contributed by atoms with Crippen LogP contribution in [-0.4, -0.2) is 47.2 Å². The summed E-state index contributed by atoms with van der Waals surface area (Å²) in [6, 6.07) is 4.14. The number of nitrogens with zero attached hydrogens (tertiary/aromatic N) is 1. The molecule has 2 aliphatic rings. The summed E-state index contributed by atoms with van der Waals surface area (Å²) in [5.74, 6) is -0.573. The molecular weight excluding hydrogens is 325 g/mol. The van der Waals surface area contributed by atoms with Crippen LogP contribution in [0.1, 0.15) is 31.2 Å². The van der Waals surface area contributed by atoms with Gasteiger partial charge in [0, 0.05) is 24.3 Å². The zero-order chi connectivity index (χ0) is 18.0. The zero-order valence-electron chi connectivity index (χ0n) is 14.3. The summed E-state index contributed by atoms with van der Waals surface area (Å²) in [5, 5.41) is 14.6. The molecule has 3 N–H and O–H groups in total. The smallest absolute Gasteiger partial charge is 0.319 e. The van der Waals surface area contributed by atoms with Gasteiger partial charge in [0.2, 0.25) is 0 Å². The number of hydrogen-bond acceptors (Lipinski definition) is 3. The fourth-order valence-electron chi connectivity index (χ4n) is 3.23. The minimum Gasteiger partial charge on any atom is -0.480 e. The molecule has 1 aromatic rings. The van der Waals surface area contributed by atoms with Crippen LogP contribution in [-0.2, 0) is 4.79 Å². The number of carboxylic acids is 1. The Labute approximate surface area is 146 Å². The van der Waals surface area contributed by atoms with Crippen molar-refractivity contribution in [3.63, 3.8) is 0 Å². The number of rotatable bonds is 7. The van der Waals surface area contributed by atoms with E-state index in [0.717, 1.165) is 24.9 Å². The van der Waals surface area contributed by atoms with Gasteiger partial charge in [0.05, 0.1) is 6.54 Å². The Morgan fingerprint density at radius 3 is 2.68 bits per heavy atom. The first-order valence-corrected chi connectivity index (χ1v) is 8.70. The number of anilines is 1. The third-order valence-electron chi connectivity index (χ3n) is 4.94. The Morgan fingerprint density at radius 1 is 1.32 bits per heavy atom. The Bertz CT molecular complexity index is 657. The lowest BCUT2D eigenvalue weighted by Gasteiger charge is -2.42. The van der Waals surface area contributed by atoms with Crippen molar-refractivity contribution in [3.05, 3.63) is 29.6 Å². The van der Waals surface area contributed by atoms with Crippen molar-refractivity contribution in [2.45, 2.75) is 44.7 Å². The lowest BCUT2D eigenvalue weighted by atomic mass is 9.85. The maximum absolute atomic E-state index is 13.3. The molecule has 0 heterocycles. The van der Waals surface area contributed by atoms with Crippen molar-refractivity contribution in [1.29, 1.82) is 0 Å². The van der Waals surface area contributed by atoms with Crippen molar-refractivity contribution in [1.82, 2.24) is 10.2 Å². The molecule has 2 aliphatic carbocycles. The minimum absolute atomic E-state index is 0.0226. The van der Waals surface area contributed by atoms with Crippen LogP contribution in [0.3, 0.4) is 0 Å². The molecule has 0 spiro atoms. The van der Waals surface area contributed by atoms with E-state index in [9.17, 15) is 14.0 Å². The Hall–Kier alpha value is -2.15. The predicted octanol–water partition coefficient (Wildman–Crippen LogP) is 2.58. The van der Waals surface area contributed by atoms with Crippen molar-refractivity contribution in [2.24, 2.45) is 5.92 Å². The van der Waals surface area contributed by atoms with Gasteiger partial charge in [-0.3, -0.25) is 9.69 Å². The molecule has 0 atom stereocenters. The molecule has 6 nitrogen and oxygen atoms in total. The largest absolute Gasteiger partial charge is 0.480 e. The molecule has 0 bridgehead atoms. The van der Waals surface area contributed by atoms with Gasteiger partial charge < -0.3 is 15.7 Å². The maximum atomic E-state index is 13.3. The molecule has 1 aromatic carbocycles. The third kappa shape index (κ3) is 4.92. The normalized spacial score (nSPS) is 22.4. The number of carboxylic acid groups (broad SMARTS) is 1. The average molecular weight is 349 g/mol. The number of halogens is 1. The summed E-state index contributed by atoms with van der Waals surface area (Å²) < 4.78 is 13.3. The van der Waals surface area contributed by atoms with Gasteiger partial charge in [-0.2, -0.15) is 0 Å². The van der Waals surface area contributed by atoms with Gasteiger partial charge in [0.15, 0.2) is 0 Å². The number of carbonyl (C=O) groups excluding carboxylic acids is 1. The van der Waals surface area contributed by atoms with E-state index in [1.165, 1.54) is 25.0 Å². The zero-order valence-corrected chi connectivity index (χ0v) is 14.3. The number of aryl methyl sites for hydroxylation is 1. The second-order valence-corrected chi connectivity index (χ2v) is 7.15. The molecule has 0 radical (unpaired) electrons. The Balaban J connectivity index is 1.46. The van der Waals surface area contributed by atoms with Crippen LogP contribution in [0.4, 0.5) is 14.9 Å².